The first-order chi connectivity index (χ1) is 9.42. The second-order valence-corrected chi connectivity index (χ2v) is 6.24. The van der Waals surface area contributed by atoms with Crippen LogP contribution in [0.4, 0.5) is 4.79 Å². The molecule has 5 heteroatoms. The molecule has 5 nitrogen and oxygen atoms in total. The average Bonchev–Trinajstić information content (AvgIpc) is 2.37. The molecule has 0 spiro atoms. The lowest BCUT2D eigenvalue weighted by molar-refractivity contribution is -0.0116. The summed E-state index contributed by atoms with van der Waals surface area (Å²) in [6.07, 6.45) is 2.93. The van der Waals surface area contributed by atoms with Crippen molar-refractivity contribution in [1.82, 2.24) is 10.2 Å². The van der Waals surface area contributed by atoms with Gasteiger partial charge in [-0.2, -0.15) is 0 Å². The van der Waals surface area contributed by atoms with Gasteiger partial charge in [-0.3, -0.25) is 0 Å². The van der Waals surface area contributed by atoms with Gasteiger partial charge in [0.05, 0.1) is 6.10 Å². The number of hydrogen-bond donors (Lipinski definition) is 1. The topological polar surface area (TPSA) is 50.8 Å². The molecule has 1 rings (SSSR count). The standard InChI is InChI=1S/C15H30N2O3/c1-5-16-9-6-12-19-13-7-10-17(11-8-13)14(18)20-15(2,3)4/h13,16H,5-12H2,1-4H3. The Bertz CT molecular complexity index is 281. The molecule has 1 saturated heterocycles. The van der Waals surface area contributed by atoms with Crippen molar-refractivity contribution in [3.63, 3.8) is 0 Å². The van der Waals surface area contributed by atoms with Crippen LogP contribution in [0.15, 0.2) is 0 Å². The van der Waals surface area contributed by atoms with Crippen molar-refractivity contribution in [2.24, 2.45) is 0 Å². The number of piperidine rings is 1. The summed E-state index contributed by atoms with van der Waals surface area (Å²) in [7, 11) is 0. The van der Waals surface area contributed by atoms with Crippen LogP contribution < -0.4 is 5.32 Å². The Morgan fingerprint density at radius 3 is 2.50 bits per heavy atom. The predicted molar refractivity (Wildman–Crippen MR) is 79.9 cm³/mol. The first-order valence-electron chi connectivity index (χ1n) is 7.72. The van der Waals surface area contributed by atoms with Crippen molar-refractivity contribution in [1.29, 1.82) is 0 Å². The quantitative estimate of drug-likeness (QED) is 0.762. The molecule has 0 aromatic heterocycles. The zero-order chi connectivity index (χ0) is 15.0. The van der Waals surface area contributed by atoms with E-state index >= 15 is 0 Å². The maximum Gasteiger partial charge on any atom is 0.410 e. The SMILES string of the molecule is CCNCCCOC1CCN(C(=O)OC(C)(C)C)CC1. The van der Waals surface area contributed by atoms with E-state index in [1.165, 1.54) is 0 Å². The number of carbonyl (C=O) groups excluding carboxylic acids is 1. The van der Waals surface area contributed by atoms with Crippen LogP contribution in [0.3, 0.4) is 0 Å². The highest BCUT2D eigenvalue weighted by Gasteiger charge is 2.26. The van der Waals surface area contributed by atoms with E-state index in [1.54, 1.807) is 4.90 Å². The van der Waals surface area contributed by atoms with E-state index in [1.807, 2.05) is 20.8 Å². The molecule has 1 amide bonds. The maximum absolute atomic E-state index is 11.9. The van der Waals surface area contributed by atoms with Crippen LogP contribution in [-0.2, 0) is 9.47 Å². The fraction of sp³-hybridized carbons (Fsp3) is 0.933. The Kier molecular flexibility index (Phi) is 7.30. The first-order valence-corrected chi connectivity index (χ1v) is 7.72. The van der Waals surface area contributed by atoms with E-state index in [-0.39, 0.29) is 12.2 Å². The molecular weight excluding hydrogens is 256 g/mol. The van der Waals surface area contributed by atoms with Crippen LogP contribution in [-0.4, -0.2) is 55.5 Å². The number of amides is 1. The molecule has 0 aromatic carbocycles. The summed E-state index contributed by atoms with van der Waals surface area (Å²) in [5, 5.41) is 3.28. The van der Waals surface area contributed by atoms with Gasteiger partial charge in [-0.1, -0.05) is 6.92 Å². The molecule has 1 fully saturated rings. The maximum atomic E-state index is 11.9. The zero-order valence-electron chi connectivity index (χ0n) is 13.4. The van der Waals surface area contributed by atoms with Gasteiger partial charge in [-0.05, 0) is 53.1 Å². The van der Waals surface area contributed by atoms with Gasteiger partial charge in [0.25, 0.3) is 0 Å². The largest absolute Gasteiger partial charge is 0.444 e. The molecular formula is C15H30N2O3. The molecule has 0 atom stereocenters. The Morgan fingerprint density at radius 2 is 1.95 bits per heavy atom. The second kappa shape index (κ2) is 8.47. The zero-order valence-corrected chi connectivity index (χ0v) is 13.4. The molecule has 1 aliphatic rings. The minimum absolute atomic E-state index is 0.205. The van der Waals surface area contributed by atoms with Gasteiger partial charge in [0, 0.05) is 19.7 Å². The molecule has 1 heterocycles. The molecule has 0 radical (unpaired) electrons. The summed E-state index contributed by atoms with van der Waals surface area (Å²) in [6.45, 7) is 12.1. The fourth-order valence-electron chi connectivity index (χ4n) is 2.16. The van der Waals surface area contributed by atoms with Crippen LogP contribution in [0.1, 0.15) is 47.0 Å². The number of nitrogens with one attached hydrogen (secondary N) is 1. The van der Waals surface area contributed by atoms with Gasteiger partial charge < -0.3 is 19.7 Å². The minimum atomic E-state index is -0.420. The van der Waals surface area contributed by atoms with Crippen molar-refractivity contribution >= 4 is 6.09 Å². The summed E-state index contributed by atoms with van der Waals surface area (Å²) in [5.41, 5.74) is -0.420. The minimum Gasteiger partial charge on any atom is -0.444 e. The van der Waals surface area contributed by atoms with E-state index in [0.717, 1.165) is 52.0 Å². The summed E-state index contributed by atoms with van der Waals surface area (Å²) < 4.78 is 11.2. The van der Waals surface area contributed by atoms with E-state index < -0.39 is 5.60 Å². The first kappa shape index (κ1) is 17.2. The van der Waals surface area contributed by atoms with E-state index in [4.69, 9.17) is 9.47 Å². The Balaban J connectivity index is 2.15. The Hall–Kier alpha value is -0.810. The van der Waals surface area contributed by atoms with Gasteiger partial charge in [0.2, 0.25) is 0 Å². The number of carbonyl (C=O) groups is 1. The lowest BCUT2D eigenvalue weighted by Crippen LogP contribution is -2.43. The van der Waals surface area contributed by atoms with E-state index in [0.29, 0.717) is 0 Å². The van der Waals surface area contributed by atoms with Gasteiger partial charge in [0.1, 0.15) is 5.60 Å². The number of rotatable bonds is 6. The molecule has 0 saturated carbocycles. The van der Waals surface area contributed by atoms with Crippen molar-refractivity contribution in [2.75, 3.05) is 32.8 Å². The van der Waals surface area contributed by atoms with Crippen molar-refractivity contribution in [2.45, 2.75) is 58.7 Å². The lowest BCUT2D eigenvalue weighted by Gasteiger charge is -2.33. The van der Waals surface area contributed by atoms with Gasteiger partial charge in [-0.25, -0.2) is 4.79 Å². The van der Waals surface area contributed by atoms with Crippen LogP contribution in [0.2, 0.25) is 0 Å². The number of hydrogen-bond acceptors (Lipinski definition) is 4. The van der Waals surface area contributed by atoms with Crippen LogP contribution >= 0.6 is 0 Å². The molecule has 118 valence electrons. The molecule has 0 bridgehead atoms. The molecule has 1 N–H and O–H groups in total. The molecule has 0 unspecified atom stereocenters. The number of likely N-dealkylation sites (tertiary alicyclic amines) is 1. The smallest absolute Gasteiger partial charge is 0.410 e. The van der Waals surface area contributed by atoms with E-state index in [2.05, 4.69) is 12.2 Å². The Labute approximate surface area is 123 Å². The predicted octanol–water partition coefficient (Wildman–Crippen LogP) is 2.40. The van der Waals surface area contributed by atoms with Crippen molar-refractivity contribution < 1.29 is 14.3 Å². The van der Waals surface area contributed by atoms with Crippen LogP contribution in [0.5, 0.6) is 0 Å². The molecule has 0 aromatic rings. The molecule has 20 heavy (non-hydrogen) atoms. The molecule has 0 aliphatic carbocycles. The van der Waals surface area contributed by atoms with Crippen molar-refractivity contribution in [3.05, 3.63) is 0 Å². The fourth-order valence-corrected chi connectivity index (χ4v) is 2.16. The highest BCUT2D eigenvalue weighted by Crippen LogP contribution is 2.17. The highest BCUT2D eigenvalue weighted by molar-refractivity contribution is 5.68. The van der Waals surface area contributed by atoms with Gasteiger partial charge >= 0.3 is 6.09 Å². The van der Waals surface area contributed by atoms with Gasteiger partial charge in [0.15, 0.2) is 0 Å². The molecule has 1 aliphatic heterocycles. The normalized spacial score (nSPS) is 17.3. The number of ether oxygens (including phenoxy) is 2. The number of nitrogens with zero attached hydrogens (tertiary/aromatic N) is 1. The third-order valence-electron chi connectivity index (χ3n) is 3.20. The summed E-state index contributed by atoms with van der Waals surface area (Å²) in [4.78, 5) is 13.7. The van der Waals surface area contributed by atoms with Gasteiger partial charge in [-0.15, -0.1) is 0 Å². The van der Waals surface area contributed by atoms with Crippen LogP contribution in [0.25, 0.3) is 0 Å². The Morgan fingerprint density at radius 1 is 1.30 bits per heavy atom. The third kappa shape index (κ3) is 7.10. The van der Waals surface area contributed by atoms with Crippen LogP contribution in [0, 0.1) is 0 Å². The van der Waals surface area contributed by atoms with Crippen molar-refractivity contribution in [3.8, 4) is 0 Å². The summed E-state index contributed by atoms with van der Waals surface area (Å²) in [6, 6.07) is 0. The average molecular weight is 286 g/mol. The highest BCUT2D eigenvalue weighted by atomic mass is 16.6. The lowest BCUT2D eigenvalue weighted by atomic mass is 10.1. The van der Waals surface area contributed by atoms with E-state index in [9.17, 15) is 4.79 Å². The second-order valence-electron chi connectivity index (χ2n) is 6.24. The summed E-state index contributed by atoms with van der Waals surface area (Å²) >= 11 is 0. The third-order valence-corrected chi connectivity index (χ3v) is 3.20. The monoisotopic (exact) mass is 286 g/mol. The summed E-state index contributed by atoms with van der Waals surface area (Å²) in [5.74, 6) is 0.